The van der Waals surface area contributed by atoms with E-state index in [9.17, 15) is 4.79 Å². The van der Waals surface area contributed by atoms with Gasteiger partial charge in [-0.3, -0.25) is 0 Å². The summed E-state index contributed by atoms with van der Waals surface area (Å²) in [7, 11) is 2.98. The van der Waals surface area contributed by atoms with Crippen LogP contribution in [0.4, 0.5) is 0 Å². The van der Waals surface area contributed by atoms with Gasteiger partial charge in [-0.2, -0.15) is 0 Å². The lowest BCUT2D eigenvalue weighted by molar-refractivity contribution is 0.0693. The Labute approximate surface area is 115 Å². The quantitative estimate of drug-likeness (QED) is 0.903. The summed E-state index contributed by atoms with van der Waals surface area (Å²) in [4.78, 5) is 15.0. The van der Waals surface area contributed by atoms with Crippen molar-refractivity contribution in [1.29, 1.82) is 0 Å². The van der Waals surface area contributed by atoms with Crippen molar-refractivity contribution >= 4 is 5.97 Å². The normalized spacial score (nSPS) is 9.90. The summed E-state index contributed by atoms with van der Waals surface area (Å²) in [6.45, 7) is 0. The molecular formula is C14H13NO5. The van der Waals surface area contributed by atoms with Crippen molar-refractivity contribution in [3.05, 3.63) is 42.1 Å². The molecule has 0 bridgehead atoms. The molecule has 0 aliphatic carbocycles. The number of carboxylic acid groups (broad SMARTS) is 1. The van der Waals surface area contributed by atoms with Crippen molar-refractivity contribution in [2.75, 3.05) is 14.2 Å². The molecule has 0 saturated heterocycles. The number of nitrogens with zero attached hydrogens (tertiary/aromatic N) is 1. The molecule has 1 aromatic heterocycles. The van der Waals surface area contributed by atoms with Crippen molar-refractivity contribution in [2.45, 2.75) is 0 Å². The van der Waals surface area contributed by atoms with E-state index in [-0.39, 0.29) is 11.4 Å². The Morgan fingerprint density at radius 2 is 1.85 bits per heavy atom. The van der Waals surface area contributed by atoms with E-state index in [1.807, 2.05) is 0 Å². The van der Waals surface area contributed by atoms with Gasteiger partial charge in [-0.05, 0) is 24.3 Å². The molecule has 1 aromatic carbocycles. The molecule has 0 aliphatic rings. The third-order valence-corrected chi connectivity index (χ3v) is 2.58. The van der Waals surface area contributed by atoms with Crippen LogP contribution >= 0.6 is 0 Å². The van der Waals surface area contributed by atoms with E-state index >= 15 is 0 Å². The maximum absolute atomic E-state index is 11.1. The average Bonchev–Trinajstić information content (AvgIpc) is 2.47. The van der Waals surface area contributed by atoms with Gasteiger partial charge in [0.05, 0.1) is 14.2 Å². The van der Waals surface area contributed by atoms with Gasteiger partial charge >= 0.3 is 5.97 Å². The Hall–Kier alpha value is -2.76. The second-order valence-electron chi connectivity index (χ2n) is 3.75. The SMILES string of the molecule is COc1cccc(Oc2ncccc2C(=O)O)c1OC. The number of rotatable bonds is 5. The van der Waals surface area contributed by atoms with Gasteiger partial charge in [0.2, 0.25) is 11.6 Å². The van der Waals surface area contributed by atoms with E-state index in [1.54, 1.807) is 18.2 Å². The summed E-state index contributed by atoms with van der Waals surface area (Å²) in [5.74, 6) is 0.0596. The average molecular weight is 275 g/mol. The lowest BCUT2D eigenvalue weighted by Crippen LogP contribution is -2.02. The second kappa shape index (κ2) is 5.92. The highest BCUT2D eigenvalue weighted by Gasteiger charge is 2.16. The maximum atomic E-state index is 11.1. The number of aromatic carboxylic acids is 1. The number of aromatic nitrogens is 1. The highest BCUT2D eigenvalue weighted by atomic mass is 16.5. The third-order valence-electron chi connectivity index (χ3n) is 2.58. The molecule has 1 heterocycles. The first-order valence-corrected chi connectivity index (χ1v) is 5.74. The van der Waals surface area contributed by atoms with Crippen LogP contribution in [-0.4, -0.2) is 30.3 Å². The summed E-state index contributed by atoms with van der Waals surface area (Å²) >= 11 is 0. The molecule has 0 saturated carbocycles. The largest absolute Gasteiger partial charge is 0.493 e. The number of hydrogen-bond donors (Lipinski definition) is 1. The topological polar surface area (TPSA) is 77.9 Å². The lowest BCUT2D eigenvalue weighted by atomic mass is 10.2. The molecule has 0 atom stereocenters. The summed E-state index contributed by atoms with van der Waals surface area (Å²) in [6, 6.07) is 8.00. The minimum atomic E-state index is -1.12. The van der Waals surface area contributed by atoms with Crippen molar-refractivity contribution < 1.29 is 24.1 Å². The zero-order chi connectivity index (χ0) is 14.5. The number of methoxy groups -OCH3 is 2. The Morgan fingerprint density at radius 3 is 2.50 bits per heavy atom. The molecule has 0 amide bonds. The molecular weight excluding hydrogens is 262 g/mol. The van der Waals surface area contributed by atoms with Crippen LogP contribution in [0.15, 0.2) is 36.5 Å². The van der Waals surface area contributed by atoms with Gasteiger partial charge in [0.1, 0.15) is 5.56 Å². The number of carbonyl (C=O) groups is 1. The van der Waals surface area contributed by atoms with Crippen molar-refractivity contribution in [3.8, 4) is 23.1 Å². The first-order chi connectivity index (χ1) is 9.67. The summed E-state index contributed by atoms with van der Waals surface area (Å²) in [5, 5.41) is 9.09. The first kappa shape index (κ1) is 13.7. The monoisotopic (exact) mass is 275 g/mol. The standard InChI is InChI=1S/C14H13NO5/c1-18-10-6-3-7-11(12(10)19-2)20-13-9(14(16)17)5-4-8-15-13/h3-8H,1-2H3,(H,16,17). The number of carboxylic acids is 1. The Balaban J connectivity index is 2.43. The smallest absolute Gasteiger partial charge is 0.341 e. The van der Waals surface area contributed by atoms with E-state index in [1.165, 1.54) is 32.5 Å². The van der Waals surface area contributed by atoms with Crippen LogP contribution in [0.1, 0.15) is 10.4 Å². The Kier molecular flexibility index (Phi) is 4.05. The maximum Gasteiger partial charge on any atom is 0.341 e. The minimum absolute atomic E-state index is 0.00782. The highest BCUT2D eigenvalue weighted by Crippen LogP contribution is 2.39. The van der Waals surface area contributed by atoms with Gasteiger partial charge < -0.3 is 19.3 Å². The highest BCUT2D eigenvalue weighted by molar-refractivity contribution is 5.90. The summed E-state index contributed by atoms with van der Waals surface area (Å²) < 4.78 is 15.9. The number of para-hydroxylation sites is 1. The second-order valence-corrected chi connectivity index (χ2v) is 3.75. The fraction of sp³-hybridized carbons (Fsp3) is 0.143. The van der Waals surface area contributed by atoms with Crippen LogP contribution in [-0.2, 0) is 0 Å². The van der Waals surface area contributed by atoms with Crippen molar-refractivity contribution in [2.24, 2.45) is 0 Å². The van der Waals surface area contributed by atoms with Gasteiger partial charge in [0, 0.05) is 6.20 Å². The van der Waals surface area contributed by atoms with Crippen LogP contribution in [0.5, 0.6) is 23.1 Å². The van der Waals surface area contributed by atoms with E-state index in [4.69, 9.17) is 19.3 Å². The van der Waals surface area contributed by atoms with Gasteiger partial charge in [-0.15, -0.1) is 0 Å². The predicted molar refractivity (Wildman–Crippen MR) is 70.8 cm³/mol. The van der Waals surface area contributed by atoms with Gasteiger partial charge in [0.15, 0.2) is 11.5 Å². The Bertz CT molecular complexity index is 627. The van der Waals surface area contributed by atoms with Gasteiger partial charge in [-0.25, -0.2) is 9.78 Å². The molecule has 6 heteroatoms. The molecule has 0 aliphatic heterocycles. The molecule has 2 rings (SSSR count). The van der Waals surface area contributed by atoms with E-state index < -0.39 is 5.97 Å². The molecule has 20 heavy (non-hydrogen) atoms. The van der Waals surface area contributed by atoms with Crippen molar-refractivity contribution in [1.82, 2.24) is 4.98 Å². The molecule has 1 N–H and O–H groups in total. The summed E-state index contributed by atoms with van der Waals surface area (Å²) in [6.07, 6.45) is 1.45. The lowest BCUT2D eigenvalue weighted by Gasteiger charge is -2.13. The predicted octanol–water partition coefficient (Wildman–Crippen LogP) is 2.59. The fourth-order valence-corrected chi connectivity index (χ4v) is 1.68. The zero-order valence-electron chi connectivity index (χ0n) is 11.0. The van der Waals surface area contributed by atoms with Crippen LogP contribution in [0, 0.1) is 0 Å². The fourth-order valence-electron chi connectivity index (χ4n) is 1.68. The zero-order valence-corrected chi connectivity index (χ0v) is 11.0. The van der Waals surface area contributed by atoms with Gasteiger partial charge in [0.25, 0.3) is 0 Å². The first-order valence-electron chi connectivity index (χ1n) is 5.74. The van der Waals surface area contributed by atoms with E-state index in [0.29, 0.717) is 17.2 Å². The van der Waals surface area contributed by atoms with Crippen molar-refractivity contribution in [3.63, 3.8) is 0 Å². The number of ether oxygens (including phenoxy) is 3. The van der Waals surface area contributed by atoms with Crippen LogP contribution in [0.2, 0.25) is 0 Å². The molecule has 0 radical (unpaired) electrons. The van der Waals surface area contributed by atoms with Crippen LogP contribution in [0.3, 0.4) is 0 Å². The number of hydrogen-bond acceptors (Lipinski definition) is 5. The molecule has 104 valence electrons. The van der Waals surface area contributed by atoms with E-state index in [2.05, 4.69) is 4.98 Å². The van der Waals surface area contributed by atoms with Crippen LogP contribution in [0.25, 0.3) is 0 Å². The molecule has 6 nitrogen and oxygen atoms in total. The minimum Gasteiger partial charge on any atom is -0.493 e. The van der Waals surface area contributed by atoms with E-state index in [0.717, 1.165) is 0 Å². The molecule has 0 unspecified atom stereocenters. The number of benzene rings is 1. The Morgan fingerprint density at radius 1 is 1.10 bits per heavy atom. The number of pyridine rings is 1. The van der Waals surface area contributed by atoms with Crippen LogP contribution < -0.4 is 14.2 Å². The molecule has 0 spiro atoms. The molecule has 2 aromatic rings. The van der Waals surface area contributed by atoms with Gasteiger partial charge in [-0.1, -0.05) is 6.07 Å². The molecule has 0 fully saturated rings. The third kappa shape index (κ3) is 2.64. The summed E-state index contributed by atoms with van der Waals surface area (Å²) in [5.41, 5.74) is -0.0302.